The molecule has 27 heavy (non-hydrogen) atoms. The number of amides is 1. The Balaban J connectivity index is 1.44. The van der Waals surface area contributed by atoms with E-state index in [0.717, 1.165) is 42.6 Å². The van der Waals surface area contributed by atoms with E-state index < -0.39 is 0 Å². The highest BCUT2D eigenvalue weighted by Gasteiger charge is 2.30. The SMILES string of the molecule is CC(C)CCOCCNC(=O)CSc1nnc(C2CC2)n1Cc1ccco1. The molecule has 0 bridgehead atoms. The first-order chi connectivity index (χ1) is 13.1. The van der Waals surface area contributed by atoms with Gasteiger partial charge in [-0.25, -0.2) is 0 Å². The topological polar surface area (TPSA) is 82.2 Å². The Morgan fingerprint density at radius 1 is 1.41 bits per heavy atom. The fourth-order valence-electron chi connectivity index (χ4n) is 2.62. The maximum Gasteiger partial charge on any atom is 0.230 e. The van der Waals surface area contributed by atoms with E-state index in [9.17, 15) is 4.79 Å². The molecule has 1 amide bonds. The molecule has 0 spiro atoms. The van der Waals surface area contributed by atoms with Crippen LogP contribution in [0.15, 0.2) is 28.0 Å². The fourth-order valence-corrected chi connectivity index (χ4v) is 3.40. The zero-order valence-electron chi connectivity index (χ0n) is 16.0. The third-order valence-electron chi connectivity index (χ3n) is 4.32. The summed E-state index contributed by atoms with van der Waals surface area (Å²) in [5, 5.41) is 12.3. The Kier molecular flexibility index (Phi) is 7.34. The van der Waals surface area contributed by atoms with Gasteiger partial charge in [-0.15, -0.1) is 10.2 Å². The van der Waals surface area contributed by atoms with Crippen molar-refractivity contribution in [2.75, 3.05) is 25.5 Å². The Hall–Kier alpha value is -1.80. The average Bonchev–Trinajstić information content (AvgIpc) is 3.20. The molecule has 1 aliphatic rings. The highest BCUT2D eigenvalue weighted by atomic mass is 32.2. The van der Waals surface area contributed by atoms with E-state index in [1.54, 1.807) is 6.26 Å². The number of thioether (sulfide) groups is 1. The van der Waals surface area contributed by atoms with Crippen molar-refractivity contribution in [2.24, 2.45) is 5.92 Å². The van der Waals surface area contributed by atoms with Crippen LogP contribution >= 0.6 is 11.8 Å². The summed E-state index contributed by atoms with van der Waals surface area (Å²) >= 11 is 1.41. The van der Waals surface area contributed by atoms with Gasteiger partial charge in [-0.2, -0.15) is 0 Å². The van der Waals surface area contributed by atoms with Crippen LogP contribution in [0.5, 0.6) is 0 Å². The smallest absolute Gasteiger partial charge is 0.230 e. The van der Waals surface area contributed by atoms with Gasteiger partial charge in [0.2, 0.25) is 5.91 Å². The molecule has 0 radical (unpaired) electrons. The fraction of sp³-hybridized carbons (Fsp3) is 0.632. The number of hydrogen-bond acceptors (Lipinski definition) is 6. The van der Waals surface area contributed by atoms with Crippen LogP contribution in [0.25, 0.3) is 0 Å². The lowest BCUT2D eigenvalue weighted by Crippen LogP contribution is -2.29. The largest absolute Gasteiger partial charge is 0.467 e. The Morgan fingerprint density at radius 2 is 2.26 bits per heavy atom. The molecule has 3 rings (SSSR count). The van der Waals surface area contributed by atoms with Crippen molar-refractivity contribution in [3.05, 3.63) is 30.0 Å². The molecule has 148 valence electrons. The number of nitrogens with zero attached hydrogens (tertiary/aromatic N) is 3. The van der Waals surface area contributed by atoms with Gasteiger partial charge in [-0.3, -0.25) is 9.36 Å². The Morgan fingerprint density at radius 3 is 2.96 bits per heavy atom. The molecule has 2 heterocycles. The van der Waals surface area contributed by atoms with E-state index in [2.05, 4.69) is 33.9 Å². The number of carbonyl (C=O) groups excluding carboxylic acids is 1. The van der Waals surface area contributed by atoms with Crippen molar-refractivity contribution in [1.82, 2.24) is 20.1 Å². The summed E-state index contributed by atoms with van der Waals surface area (Å²) in [6.07, 6.45) is 5.01. The second kappa shape index (κ2) is 9.94. The number of hydrogen-bond donors (Lipinski definition) is 1. The molecule has 2 aromatic rings. The van der Waals surface area contributed by atoms with Crippen LogP contribution in [0.3, 0.4) is 0 Å². The first kappa shape index (κ1) is 19.9. The minimum absolute atomic E-state index is 0.0204. The van der Waals surface area contributed by atoms with E-state index in [-0.39, 0.29) is 5.91 Å². The van der Waals surface area contributed by atoms with Gasteiger partial charge in [0.25, 0.3) is 0 Å². The maximum absolute atomic E-state index is 12.1. The van der Waals surface area contributed by atoms with Crippen molar-refractivity contribution in [3.8, 4) is 0 Å². The zero-order chi connectivity index (χ0) is 19.1. The zero-order valence-corrected chi connectivity index (χ0v) is 16.8. The first-order valence-corrected chi connectivity index (χ1v) is 10.5. The van der Waals surface area contributed by atoms with Gasteiger partial charge < -0.3 is 14.5 Å². The number of carbonyl (C=O) groups is 1. The summed E-state index contributed by atoms with van der Waals surface area (Å²) in [6, 6.07) is 3.82. The van der Waals surface area contributed by atoms with Gasteiger partial charge >= 0.3 is 0 Å². The Bertz CT molecular complexity index is 711. The van der Waals surface area contributed by atoms with Crippen LogP contribution in [-0.2, 0) is 16.1 Å². The van der Waals surface area contributed by atoms with Crippen LogP contribution in [0.4, 0.5) is 0 Å². The molecule has 8 heteroatoms. The first-order valence-electron chi connectivity index (χ1n) is 9.56. The number of aromatic nitrogens is 3. The van der Waals surface area contributed by atoms with Crippen LogP contribution in [0, 0.1) is 5.92 Å². The van der Waals surface area contributed by atoms with E-state index in [1.165, 1.54) is 11.8 Å². The van der Waals surface area contributed by atoms with Gasteiger partial charge in [0.1, 0.15) is 11.6 Å². The van der Waals surface area contributed by atoms with Gasteiger partial charge in [0, 0.05) is 19.1 Å². The molecule has 1 aliphatic carbocycles. The second-order valence-electron chi connectivity index (χ2n) is 7.21. The molecule has 7 nitrogen and oxygen atoms in total. The summed E-state index contributed by atoms with van der Waals surface area (Å²) < 4.78 is 13.1. The molecule has 0 aliphatic heterocycles. The van der Waals surface area contributed by atoms with E-state index in [0.29, 0.717) is 37.3 Å². The molecule has 0 saturated heterocycles. The van der Waals surface area contributed by atoms with Crippen molar-refractivity contribution in [1.29, 1.82) is 0 Å². The number of ether oxygens (including phenoxy) is 1. The number of rotatable bonds is 12. The third kappa shape index (κ3) is 6.39. The average molecular weight is 393 g/mol. The van der Waals surface area contributed by atoms with Gasteiger partial charge in [-0.05, 0) is 37.3 Å². The molecule has 1 fully saturated rings. The molecule has 1 saturated carbocycles. The summed E-state index contributed by atoms with van der Waals surface area (Å²) in [6.45, 7) is 6.75. The van der Waals surface area contributed by atoms with Gasteiger partial charge in [-0.1, -0.05) is 25.6 Å². The van der Waals surface area contributed by atoms with Gasteiger partial charge in [0.05, 0.1) is 25.2 Å². The molecule has 0 atom stereocenters. The summed E-state index contributed by atoms with van der Waals surface area (Å²) in [7, 11) is 0. The normalized spacial score (nSPS) is 14.0. The molecular formula is C19H28N4O3S. The lowest BCUT2D eigenvalue weighted by atomic mass is 10.1. The minimum Gasteiger partial charge on any atom is -0.467 e. The lowest BCUT2D eigenvalue weighted by molar-refractivity contribution is -0.118. The second-order valence-corrected chi connectivity index (χ2v) is 8.16. The van der Waals surface area contributed by atoms with E-state index in [1.807, 2.05) is 12.1 Å². The van der Waals surface area contributed by atoms with Crippen LogP contribution < -0.4 is 5.32 Å². The van der Waals surface area contributed by atoms with Crippen LogP contribution in [0.1, 0.15) is 50.6 Å². The monoisotopic (exact) mass is 392 g/mol. The minimum atomic E-state index is -0.0204. The highest BCUT2D eigenvalue weighted by Crippen LogP contribution is 2.40. The van der Waals surface area contributed by atoms with Crippen molar-refractivity contribution in [2.45, 2.75) is 50.7 Å². The molecule has 2 aromatic heterocycles. The van der Waals surface area contributed by atoms with Crippen molar-refractivity contribution >= 4 is 17.7 Å². The number of nitrogens with one attached hydrogen (secondary N) is 1. The van der Waals surface area contributed by atoms with Crippen LogP contribution in [0.2, 0.25) is 0 Å². The molecule has 0 unspecified atom stereocenters. The van der Waals surface area contributed by atoms with Crippen molar-refractivity contribution in [3.63, 3.8) is 0 Å². The number of furan rings is 1. The Labute approximate surface area is 164 Å². The summed E-state index contributed by atoms with van der Waals surface area (Å²) in [5.74, 6) is 3.27. The summed E-state index contributed by atoms with van der Waals surface area (Å²) in [4.78, 5) is 12.1. The highest BCUT2D eigenvalue weighted by molar-refractivity contribution is 7.99. The lowest BCUT2D eigenvalue weighted by Gasteiger charge is -2.09. The molecule has 1 N–H and O–H groups in total. The predicted octanol–water partition coefficient (Wildman–Crippen LogP) is 3.07. The maximum atomic E-state index is 12.1. The quantitative estimate of drug-likeness (QED) is 0.442. The van der Waals surface area contributed by atoms with Gasteiger partial charge in [0.15, 0.2) is 5.16 Å². The molecule has 0 aromatic carbocycles. The van der Waals surface area contributed by atoms with Crippen molar-refractivity contribution < 1.29 is 13.9 Å². The summed E-state index contributed by atoms with van der Waals surface area (Å²) in [5.41, 5.74) is 0. The standard InChI is InChI=1S/C19H28N4O3S/c1-14(2)7-10-25-11-8-20-17(24)13-27-19-22-21-18(15-5-6-15)23(19)12-16-4-3-9-26-16/h3-4,9,14-15H,5-8,10-13H2,1-2H3,(H,20,24). The van der Waals surface area contributed by atoms with E-state index >= 15 is 0 Å². The molecular weight excluding hydrogens is 364 g/mol. The predicted molar refractivity (Wildman–Crippen MR) is 104 cm³/mol. The van der Waals surface area contributed by atoms with Crippen LogP contribution in [-0.4, -0.2) is 46.2 Å². The third-order valence-corrected chi connectivity index (χ3v) is 5.29. The van der Waals surface area contributed by atoms with E-state index in [4.69, 9.17) is 9.15 Å².